The van der Waals surface area contributed by atoms with Crippen LogP contribution in [0, 0.1) is 5.41 Å². The second kappa shape index (κ2) is 2.73. The first kappa shape index (κ1) is 8.05. The molecule has 0 saturated heterocycles. The fourth-order valence-electron chi connectivity index (χ4n) is 1.70. The lowest BCUT2D eigenvalue weighted by Gasteiger charge is -2.37. The zero-order valence-corrected chi connectivity index (χ0v) is 7.18. The molecule has 3 nitrogen and oxygen atoms in total. The lowest BCUT2D eigenvalue weighted by Crippen LogP contribution is -2.46. The van der Waals surface area contributed by atoms with Crippen molar-refractivity contribution in [2.75, 3.05) is 6.54 Å². The smallest absolute Gasteiger partial charge is 0.310 e. The van der Waals surface area contributed by atoms with Crippen LogP contribution in [0.4, 0.5) is 0 Å². The number of hydrogen-bond acceptors (Lipinski definition) is 2. The van der Waals surface area contributed by atoms with E-state index >= 15 is 0 Å². The quantitative estimate of drug-likeness (QED) is 0.660. The van der Waals surface area contributed by atoms with Gasteiger partial charge in [0.15, 0.2) is 0 Å². The van der Waals surface area contributed by atoms with Crippen molar-refractivity contribution in [1.82, 2.24) is 5.32 Å². The SMILES string of the molecule is O=C(O)C1(CNC2CC2)CCC1. The van der Waals surface area contributed by atoms with Gasteiger partial charge in [-0.05, 0) is 25.7 Å². The van der Waals surface area contributed by atoms with E-state index in [9.17, 15) is 4.79 Å². The van der Waals surface area contributed by atoms with Gasteiger partial charge in [-0.25, -0.2) is 0 Å². The maximum Gasteiger partial charge on any atom is 0.310 e. The minimum absolute atomic E-state index is 0.400. The predicted octanol–water partition coefficient (Wildman–Crippen LogP) is 0.993. The Labute approximate surface area is 72.2 Å². The molecule has 0 spiro atoms. The van der Waals surface area contributed by atoms with Crippen molar-refractivity contribution in [1.29, 1.82) is 0 Å². The summed E-state index contributed by atoms with van der Waals surface area (Å²) in [5.74, 6) is -0.609. The molecular formula is C9H15NO2. The summed E-state index contributed by atoms with van der Waals surface area (Å²) in [6.45, 7) is 0.687. The van der Waals surface area contributed by atoms with Crippen LogP contribution < -0.4 is 5.32 Å². The van der Waals surface area contributed by atoms with Gasteiger partial charge in [-0.1, -0.05) is 6.42 Å². The molecule has 0 atom stereocenters. The van der Waals surface area contributed by atoms with E-state index in [0.29, 0.717) is 12.6 Å². The predicted molar refractivity (Wildman–Crippen MR) is 44.9 cm³/mol. The van der Waals surface area contributed by atoms with Crippen LogP contribution in [-0.4, -0.2) is 23.7 Å². The standard InChI is InChI=1S/C9H15NO2/c11-8(12)9(4-1-5-9)6-10-7-2-3-7/h7,10H,1-6H2,(H,11,12). The Morgan fingerprint density at radius 2 is 2.17 bits per heavy atom. The first-order chi connectivity index (χ1) is 5.73. The highest BCUT2D eigenvalue weighted by molar-refractivity contribution is 5.76. The molecule has 3 heteroatoms. The summed E-state index contributed by atoms with van der Waals surface area (Å²) >= 11 is 0. The summed E-state index contributed by atoms with van der Waals surface area (Å²) in [5.41, 5.74) is -0.400. The average Bonchev–Trinajstić information content (AvgIpc) is 2.67. The Kier molecular flexibility index (Phi) is 1.83. The van der Waals surface area contributed by atoms with Crippen LogP contribution in [0.25, 0.3) is 0 Å². The first-order valence-corrected chi connectivity index (χ1v) is 4.70. The molecule has 0 radical (unpaired) electrons. The van der Waals surface area contributed by atoms with Crippen LogP contribution in [0.15, 0.2) is 0 Å². The van der Waals surface area contributed by atoms with E-state index in [0.717, 1.165) is 19.3 Å². The lowest BCUT2D eigenvalue weighted by molar-refractivity contribution is -0.154. The third-order valence-corrected chi connectivity index (χ3v) is 3.07. The van der Waals surface area contributed by atoms with Crippen LogP contribution >= 0.6 is 0 Å². The van der Waals surface area contributed by atoms with E-state index < -0.39 is 11.4 Å². The number of carboxylic acids is 1. The molecule has 0 unspecified atom stereocenters. The summed E-state index contributed by atoms with van der Waals surface area (Å²) < 4.78 is 0. The maximum absolute atomic E-state index is 10.9. The van der Waals surface area contributed by atoms with Crippen molar-refractivity contribution in [3.8, 4) is 0 Å². The number of carboxylic acid groups (broad SMARTS) is 1. The van der Waals surface area contributed by atoms with E-state index in [4.69, 9.17) is 5.11 Å². The van der Waals surface area contributed by atoms with Crippen LogP contribution in [0.1, 0.15) is 32.1 Å². The van der Waals surface area contributed by atoms with Crippen LogP contribution in [0.3, 0.4) is 0 Å². The van der Waals surface area contributed by atoms with Crippen molar-refractivity contribution in [3.63, 3.8) is 0 Å². The molecule has 0 bridgehead atoms. The van der Waals surface area contributed by atoms with E-state index in [1.165, 1.54) is 12.8 Å². The highest BCUT2D eigenvalue weighted by Gasteiger charge is 2.44. The van der Waals surface area contributed by atoms with E-state index in [1.807, 2.05) is 0 Å². The Morgan fingerprint density at radius 3 is 2.50 bits per heavy atom. The van der Waals surface area contributed by atoms with Crippen molar-refractivity contribution in [3.05, 3.63) is 0 Å². The number of rotatable bonds is 4. The molecule has 0 amide bonds. The minimum Gasteiger partial charge on any atom is -0.481 e. The zero-order chi connectivity index (χ0) is 8.60. The van der Waals surface area contributed by atoms with Crippen molar-refractivity contribution in [2.45, 2.75) is 38.1 Å². The molecule has 12 heavy (non-hydrogen) atoms. The van der Waals surface area contributed by atoms with Gasteiger partial charge in [0.2, 0.25) is 0 Å². The van der Waals surface area contributed by atoms with Crippen molar-refractivity contribution >= 4 is 5.97 Å². The number of aliphatic carboxylic acids is 1. The highest BCUT2D eigenvalue weighted by Crippen LogP contribution is 2.41. The average molecular weight is 169 g/mol. The topological polar surface area (TPSA) is 49.3 Å². The molecule has 2 saturated carbocycles. The van der Waals surface area contributed by atoms with Gasteiger partial charge in [0.1, 0.15) is 0 Å². The van der Waals surface area contributed by atoms with Crippen molar-refractivity contribution < 1.29 is 9.90 Å². The largest absolute Gasteiger partial charge is 0.481 e. The molecule has 0 heterocycles. The normalized spacial score (nSPS) is 26.3. The van der Waals surface area contributed by atoms with Crippen molar-refractivity contribution in [2.24, 2.45) is 5.41 Å². The molecular weight excluding hydrogens is 154 g/mol. The fraction of sp³-hybridized carbons (Fsp3) is 0.889. The number of hydrogen-bond donors (Lipinski definition) is 2. The monoisotopic (exact) mass is 169 g/mol. The van der Waals surface area contributed by atoms with Gasteiger partial charge >= 0.3 is 5.97 Å². The van der Waals surface area contributed by atoms with Crippen LogP contribution in [-0.2, 0) is 4.79 Å². The molecule has 2 rings (SSSR count). The Morgan fingerprint density at radius 1 is 1.50 bits per heavy atom. The van der Waals surface area contributed by atoms with Gasteiger partial charge in [-0.3, -0.25) is 4.79 Å². The van der Waals surface area contributed by atoms with E-state index in [1.54, 1.807) is 0 Å². The molecule has 2 aliphatic rings. The van der Waals surface area contributed by atoms with Gasteiger partial charge in [-0.15, -0.1) is 0 Å². The molecule has 0 aromatic carbocycles. The third kappa shape index (κ3) is 1.33. The van der Waals surface area contributed by atoms with Gasteiger partial charge in [0, 0.05) is 12.6 Å². The maximum atomic E-state index is 10.9. The third-order valence-electron chi connectivity index (χ3n) is 3.07. The molecule has 2 aliphatic carbocycles. The van der Waals surface area contributed by atoms with Crippen LogP contribution in [0.2, 0.25) is 0 Å². The Balaban J connectivity index is 1.84. The summed E-state index contributed by atoms with van der Waals surface area (Å²) in [6.07, 6.45) is 5.27. The second-order valence-corrected chi connectivity index (χ2v) is 4.09. The second-order valence-electron chi connectivity index (χ2n) is 4.09. The summed E-state index contributed by atoms with van der Waals surface area (Å²) in [4.78, 5) is 10.9. The van der Waals surface area contributed by atoms with Gasteiger partial charge in [-0.2, -0.15) is 0 Å². The lowest BCUT2D eigenvalue weighted by atomic mass is 9.69. The molecule has 68 valence electrons. The Hall–Kier alpha value is -0.570. The Bertz CT molecular complexity index is 195. The van der Waals surface area contributed by atoms with Gasteiger partial charge in [0.05, 0.1) is 5.41 Å². The summed E-state index contributed by atoms with van der Waals surface area (Å²) in [7, 11) is 0. The van der Waals surface area contributed by atoms with Crippen LogP contribution in [0.5, 0.6) is 0 Å². The molecule has 2 N–H and O–H groups in total. The van der Waals surface area contributed by atoms with Gasteiger partial charge < -0.3 is 10.4 Å². The van der Waals surface area contributed by atoms with E-state index in [-0.39, 0.29) is 0 Å². The first-order valence-electron chi connectivity index (χ1n) is 4.70. The minimum atomic E-state index is -0.609. The summed E-state index contributed by atoms with van der Waals surface area (Å²) in [6, 6.07) is 0.627. The molecule has 2 fully saturated rings. The molecule has 0 aromatic heterocycles. The van der Waals surface area contributed by atoms with E-state index in [2.05, 4.69) is 5.32 Å². The summed E-state index contributed by atoms with van der Waals surface area (Å²) in [5, 5.41) is 12.3. The molecule has 0 aliphatic heterocycles. The highest BCUT2D eigenvalue weighted by atomic mass is 16.4. The molecule has 0 aromatic rings. The van der Waals surface area contributed by atoms with Gasteiger partial charge in [0.25, 0.3) is 0 Å². The zero-order valence-electron chi connectivity index (χ0n) is 7.18. The number of nitrogens with one attached hydrogen (secondary N) is 1. The fourth-order valence-corrected chi connectivity index (χ4v) is 1.70. The number of carbonyl (C=O) groups is 1.